The molecule has 0 spiro atoms. The van der Waals surface area contributed by atoms with Crippen molar-refractivity contribution in [1.29, 1.82) is 0 Å². The van der Waals surface area contributed by atoms with Gasteiger partial charge in [-0.25, -0.2) is 0 Å². The van der Waals surface area contributed by atoms with E-state index in [1.54, 1.807) is 33.1 Å². The van der Waals surface area contributed by atoms with Gasteiger partial charge in [0.15, 0.2) is 11.5 Å². The van der Waals surface area contributed by atoms with Crippen LogP contribution in [0.4, 0.5) is 5.69 Å². The van der Waals surface area contributed by atoms with E-state index in [2.05, 4.69) is 6.92 Å². The third-order valence-corrected chi connectivity index (χ3v) is 3.24. The highest BCUT2D eigenvalue weighted by atomic mass is 16.5. The van der Waals surface area contributed by atoms with E-state index in [-0.39, 0.29) is 5.91 Å². The maximum absolute atomic E-state index is 11.6. The van der Waals surface area contributed by atoms with Gasteiger partial charge in [-0.15, -0.1) is 0 Å². The van der Waals surface area contributed by atoms with Crippen LogP contribution in [0.15, 0.2) is 12.1 Å². The lowest BCUT2D eigenvalue weighted by Crippen LogP contribution is -2.24. The van der Waals surface area contributed by atoms with Gasteiger partial charge in [-0.1, -0.05) is 13.3 Å². The minimum Gasteiger partial charge on any atom is -0.493 e. The number of anilines is 1. The molecular formula is C15H23NO3. The molecular weight excluding hydrogens is 242 g/mol. The number of benzene rings is 1. The normalized spacial score (nSPS) is 10.2. The smallest absolute Gasteiger partial charge is 0.223 e. The number of rotatable bonds is 6. The molecule has 0 atom stereocenters. The monoisotopic (exact) mass is 265 g/mol. The van der Waals surface area contributed by atoms with Crippen LogP contribution in [0.3, 0.4) is 0 Å². The van der Waals surface area contributed by atoms with Gasteiger partial charge in [-0.2, -0.15) is 0 Å². The number of carbonyl (C=O) groups is 1. The summed E-state index contributed by atoms with van der Waals surface area (Å²) in [5.41, 5.74) is 1.92. The average molecular weight is 265 g/mol. The molecule has 1 aromatic rings. The Hall–Kier alpha value is -1.71. The second kappa shape index (κ2) is 7.02. The summed E-state index contributed by atoms with van der Waals surface area (Å²) in [6.07, 6.45) is 3.00. The highest BCUT2D eigenvalue weighted by Gasteiger charge is 2.18. The number of hydrogen-bond acceptors (Lipinski definition) is 3. The van der Waals surface area contributed by atoms with Crippen molar-refractivity contribution < 1.29 is 14.3 Å². The first-order chi connectivity index (χ1) is 9.06. The Labute approximate surface area is 115 Å². The van der Waals surface area contributed by atoms with Gasteiger partial charge in [-0.05, 0) is 25.0 Å². The molecule has 19 heavy (non-hydrogen) atoms. The fourth-order valence-electron chi connectivity index (χ4n) is 2.06. The summed E-state index contributed by atoms with van der Waals surface area (Å²) >= 11 is 0. The molecule has 0 aliphatic carbocycles. The molecule has 1 aromatic carbocycles. The van der Waals surface area contributed by atoms with Crippen molar-refractivity contribution >= 4 is 11.6 Å². The Kier molecular flexibility index (Phi) is 5.67. The molecule has 1 rings (SSSR count). The maximum Gasteiger partial charge on any atom is 0.223 e. The summed E-state index contributed by atoms with van der Waals surface area (Å²) < 4.78 is 10.8. The zero-order valence-corrected chi connectivity index (χ0v) is 12.4. The lowest BCUT2D eigenvalue weighted by Gasteiger charge is -2.22. The Morgan fingerprint density at radius 2 is 1.95 bits per heavy atom. The van der Waals surface area contributed by atoms with Crippen LogP contribution in [0.1, 0.15) is 32.3 Å². The number of methoxy groups -OCH3 is 2. The van der Waals surface area contributed by atoms with Gasteiger partial charge in [0.05, 0.1) is 19.9 Å². The molecule has 0 N–H and O–H groups in total. The fourth-order valence-corrected chi connectivity index (χ4v) is 2.06. The summed E-state index contributed by atoms with van der Waals surface area (Å²) in [5, 5.41) is 0. The Morgan fingerprint density at radius 1 is 1.26 bits per heavy atom. The standard InChI is InChI=1S/C15H23NO3/c1-6-7-8-12-13(16(3)11(2)17)9-10-14(18-4)15(12)19-5/h9-10H,6-8H2,1-5H3. The van der Waals surface area contributed by atoms with Crippen molar-refractivity contribution in [2.75, 3.05) is 26.2 Å². The summed E-state index contributed by atoms with van der Waals surface area (Å²) in [6.45, 7) is 3.70. The van der Waals surface area contributed by atoms with Gasteiger partial charge in [-0.3, -0.25) is 4.79 Å². The topological polar surface area (TPSA) is 38.8 Å². The molecule has 0 aliphatic heterocycles. The number of nitrogens with zero attached hydrogens (tertiary/aromatic N) is 1. The van der Waals surface area contributed by atoms with Gasteiger partial charge < -0.3 is 14.4 Å². The molecule has 1 amide bonds. The number of carbonyl (C=O) groups excluding carboxylic acids is 1. The van der Waals surface area contributed by atoms with Gasteiger partial charge in [0.2, 0.25) is 5.91 Å². The van der Waals surface area contributed by atoms with Crippen LogP contribution in [0.5, 0.6) is 11.5 Å². The molecule has 106 valence electrons. The highest BCUT2D eigenvalue weighted by molar-refractivity contribution is 5.92. The molecule has 0 radical (unpaired) electrons. The summed E-state index contributed by atoms with van der Waals surface area (Å²) in [7, 11) is 5.03. The van der Waals surface area contributed by atoms with E-state index < -0.39 is 0 Å². The van der Waals surface area contributed by atoms with E-state index >= 15 is 0 Å². The van der Waals surface area contributed by atoms with Crippen molar-refractivity contribution in [2.45, 2.75) is 33.1 Å². The minimum absolute atomic E-state index is 0.00460. The van der Waals surface area contributed by atoms with Crippen molar-refractivity contribution in [3.8, 4) is 11.5 Å². The highest BCUT2D eigenvalue weighted by Crippen LogP contribution is 2.38. The van der Waals surface area contributed by atoms with Crippen molar-refractivity contribution in [2.24, 2.45) is 0 Å². The molecule has 0 unspecified atom stereocenters. The van der Waals surface area contributed by atoms with E-state index in [0.717, 1.165) is 36.3 Å². The van der Waals surface area contributed by atoms with E-state index in [1.807, 2.05) is 12.1 Å². The molecule has 0 heterocycles. The molecule has 0 fully saturated rings. The quantitative estimate of drug-likeness (QED) is 0.793. The van der Waals surface area contributed by atoms with Crippen LogP contribution >= 0.6 is 0 Å². The maximum atomic E-state index is 11.6. The lowest BCUT2D eigenvalue weighted by atomic mass is 10.0. The number of unbranched alkanes of at least 4 members (excludes halogenated alkanes) is 1. The first-order valence-electron chi connectivity index (χ1n) is 6.54. The van der Waals surface area contributed by atoms with Gasteiger partial charge in [0.1, 0.15) is 0 Å². The summed E-state index contributed by atoms with van der Waals surface area (Å²) in [6, 6.07) is 3.75. The predicted octanol–water partition coefficient (Wildman–Crippen LogP) is 3.03. The lowest BCUT2D eigenvalue weighted by molar-refractivity contribution is -0.116. The summed E-state index contributed by atoms with van der Waals surface area (Å²) in [5.74, 6) is 1.43. The number of amides is 1. The van der Waals surface area contributed by atoms with E-state index in [9.17, 15) is 4.79 Å². The molecule has 4 heteroatoms. The Bertz CT molecular complexity index is 443. The van der Waals surface area contributed by atoms with Gasteiger partial charge >= 0.3 is 0 Å². The van der Waals surface area contributed by atoms with Crippen molar-refractivity contribution in [1.82, 2.24) is 0 Å². The minimum atomic E-state index is 0.00460. The van der Waals surface area contributed by atoms with Crippen LogP contribution in [0, 0.1) is 0 Å². The molecule has 0 saturated heterocycles. The summed E-state index contributed by atoms with van der Waals surface area (Å²) in [4.78, 5) is 13.2. The molecule has 0 saturated carbocycles. The largest absolute Gasteiger partial charge is 0.493 e. The zero-order chi connectivity index (χ0) is 14.4. The van der Waals surface area contributed by atoms with Gasteiger partial charge in [0.25, 0.3) is 0 Å². The first kappa shape index (κ1) is 15.3. The van der Waals surface area contributed by atoms with Crippen LogP contribution in [0.2, 0.25) is 0 Å². The average Bonchev–Trinajstić information content (AvgIpc) is 2.42. The fraction of sp³-hybridized carbons (Fsp3) is 0.533. The SMILES string of the molecule is CCCCc1c(N(C)C(C)=O)ccc(OC)c1OC. The van der Waals surface area contributed by atoms with E-state index in [4.69, 9.17) is 9.47 Å². The molecule has 0 aliphatic rings. The van der Waals surface area contributed by atoms with E-state index in [1.165, 1.54) is 0 Å². The molecule has 4 nitrogen and oxygen atoms in total. The Morgan fingerprint density at radius 3 is 2.42 bits per heavy atom. The third kappa shape index (κ3) is 3.40. The second-order valence-corrected chi connectivity index (χ2v) is 4.48. The van der Waals surface area contributed by atoms with Crippen LogP contribution in [-0.2, 0) is 11.2 Å². The van der Waals surface area contributed by atoms with Crippen LogP contribution in [-0.4, -0.2) is 27.2 Å². The first-order valence-corrected chi connectivity index (χ1v) is 6.54. The van der Waals surface area contributed by atoms with Crippen molar-refractivity contribution in [3.63, 3.8) is 0 Å². The second-order valence-electron chi connectivity index (χ2n) is 4.48. The zero-order valence-electron chi connectivity index (χ0n) is 12.4. The molecule has 0 bridgehead atoms. The Balaban J connectivity index is 3.32. The third-order valence-electron chi connectivity index (χ3n) is 3.24. The predicted molar refractivity (Wildman–Crippen MR) is 77.2 cm³/mol. The van der Waals surface area contributed by atoms with Crippen LogP contribution < -0.4 is 14.4 Å². The van der Waals surface area contributed by atoms with Crippen molar-refractivity contribution in [3.05, 3.63) is 17.7 Å². The van der Waals surface area contributed by atoms with E-state index in [0.29, 0.717) is 5.75 Å². The molecule has 0 aromatic heterocycles. The van der Waals surface area contributed by atoms with Crippen LogP contribution in [0.25, 0.3) is 0 Å². The number of hydrogen-bond donors (Lipinski definition) is 0. The van der Waals surface area contributed by atoms with Gasteiger partial charge in [0, 0.05) is 19.5 Å². The number of ether oxygens (including phenoxy) is 2.